The number of para-hydroxylation sites is 3. The molecule has 0 radical (unpaired) electrons. The number of nitrogens with one attached hydrogen (secondary N) is 1. The summed E-state index contributed by atoms with van der Waals surface area (Å²) in [5.74, 6) is 1.61. The fraction of sp³-hybridized carbons (Fsp3) is 0.231. The van der Waals surface area contributed by atoms with E-state index in [2.05, 4.69) is 16.0 Å². The second-order valence-electron chi connectivity index (χ2n) is 7.67. The van der Waals surface area contributed by atoms with E-state index in [1.54, 1.807) is 24.3 Å². The maximum Gasteiger partial charge on any atom is 0.251 e. The molecular weight excluding hydrogens is 457 g/mol. The predicted octanol–water partition coefficient (Wildman–Crippen LogP) is 6.17. The minimum absolute atomic E-state index is 0.100. The molecular formula is C26H25Cl2N3O2. The number of rotatable bonds is 10. The number of nitrogens with zero attached hydrogens (tertiary/aromatic N) is 2. The van der Waals surface area contributed by atoms with Gasteiger partial charge in [-0.2, -0.15) is 0 Å². The second kappa shape index (κ2) is 11.2. The number of aromatic nitrogens is 2. The van der Waals surface area contributed by atoms with E-state index in [0.717, 1.165) is 42.7 Å². The number of fused-ring (bicyclic) bond motifs is 1. The molecule has 7 heteroatoms. The fourth-order valence-corrected chi connectivity index (χ4v) is 4.00. The lowest BCUT2D eigenvalue weighted by Crippen LogP contribution is -2.25. The van der Waals surface area contributed by atoms with E-state index in [1.807, 2.05) is 42.5 Å². The number of benzene rings is 3. The van der Waals surface area contributed by atoms with Crippen molar-refractivity contribution in [3.05, 3.63) is 94.2 Å². The van der Waals surface area contributed by atoms with Crippen LogP contribution in [0.1, 0.15) is 29.0 Å². The molecule has 0 saturated heterocycles. The summed E-state index contributed by atoms with van der Waals surface area (Å²) < 4.78 is 8.08. The normalized spacial score (nSPS) is 11.0. The van der Waals surface area contributed by atoms with Crippen molar-refractivity contribution in [3.8, 4) is 5.75 Å². The molecule has 5 nitrogen and oxygen atoms in total. The Morgan fingerprint density at radius 1 is 0.939 bits per heavy atom. The van der Waals surface area contributed by atoms with Crippen LogP contribution in [0.15, 0.2) is 72.8 Å². The van der Waals surface area contributed by atoms with Crippen LogP contribution < -0.4 is 10.1 Å². The van der Waals surface area contributed by atoms with Crippen LogP contribution in [0.25, 0.3) is 11.0 Å². The molecule has 33 heavy (non-hydrogen) atoms. The highest BCUT2D eigenvalue weighted by Crippen LogP contribution is 2.23. The van der Waals surface area contributed by atoms with Gasteiger partial charge < -0.3 is 14.6 Å². The summed E-state index contributed by atoms with van der Waals surface area (Å²) >= 11 is 12.1. The Labute approximate surface area is 203 Å². The molecule has 0 aliphatic carbocycles. The minimum atomic E-state index is -0.100. The quantitative estimate of drug-likeness (QED) is 0.275. The molecule has 0 bridgehead atoms. The van der Waals surface area contributed by atoms with Crippen LogP contribution in [0, 0.1) is 0 Å². The van der Waals surface area contributed by atoms with Gasteiger partial charge in [0.1, 0.15) is 11.6 Å². The van der Waals surface area contributed by atoms with Crippen molar-refractivity contribution in [3.63, 3.8) is 0 Å². The van der Waals surface area contributed by atoms with Gasteiger partial charge >= 0.3 is 0 Å². The zero-order valence-electron chi connectivity index (χ0n) is 18.1. The van der Waals surface area contributed by atoms with Gasteiger partial charge in [-0.05, 0) is 61.4 Å². The molecule has 4 aromatic rings. The monoisotopic (exact) mass is 481 g/mol. The molecule has 3 aromatic carbocycles. The average molecular weight is 482 g/mol. The van der Waals surface area contributed by atoms with E-state index in [4.69, 9.17) is 32.9 Å². The summed E-state index contributed by atoms with van der Waals surface area (Å²) in [6.45, 7) is 1.92. The first-order valence-corrected chi connectivity index (χ1v) is 11.7. The van der Waals surface area contributed by atoms with E-state index < -0.39 is 0 Å². The van der Waals surface area contributed by atoms with Crippen LogP contribution in [0.2, 0.25) is 10.0 Å². The van der Waals surface area contributed by atoms with Crippen molar-refractivity contribution in [2.75, 3.05) is 13.2 Å². The van der Waals surface area contributed by atoms with Crippen molar-refractivity contribution in [2.45, 2.75) is 25.8 Å². The van der Waals surface area contributed by atoms with Crippen molar-refractivity contribution in [1.82, 2.24) is 14.9 Å². The summed E-state index contributed by atoms with van der Waals surface area (Å²) in [6, 6.07) is 22.5. The lowest BCUT2D eigenvalue weighted by molar-refractivity contribution is 0.0953. The predicted molar refractivity (Wildman–Crippen MR) is 133 cm³/mol. The van der Waals surface area contributed by atoms with Crippen molar-refractivity contribution < 1.29 is 9.53 Å². The molecule has 0 saturated carbocycles. The first-order valence-electron chi connectivity index (χ1n) is 11.0. The van der Waals surface area contributed by atoms with Gasteiger partial charge in [0.2, 0.25) is 0 Å². The zero-order valence-corrected chi connectivity index (χ0v) is 19.6. The Morgan fingerprint density at radius 2 is 1.70 bits per heavy atom. The van der Waals surface area contributed by atoms with Crippen molar-refractivity contribution >= 4 is 40.1 Å². The number of carbonyl (C=O) groups excluding carboxylic acids is 1. The summed E-state index contributed by atoms with van der Waals surface area (Å²) in [4.78, 5) is 17.1. The lowest BCUT2D eigenvalue weighted by atomic mass is 10.2. The van der Waals surface area contributed by atoms with Gasteiger partial charge in [0.15, 0.2) is 0 Å². The summed E-state index contributed by atoms with van der Waals surface area (Å²) in [5.41, 5.74) is 2.69. The third kappa shape index (κ3) is 6.06. The summed E-state index contributed by atoms with van der Waals surface area (Å²) in [5, 5.41) is 4.20. The third-order valence-corrected chi connectivity index (χ3v) is 5.89. The van der Waals surface area contributed by atoms with Crippen molar-refractivity contribution in [2.24, 2.45) is 0 Å². The molecule has 0 atom stereocenters. The summed E-state index contributed by atoms with van der Waals surface area (Å²) in [7, 11) is 0. The average Bonchev–Trinajstić information content (AvgIpc) is 3.18. The molecule has 0 spiro atoms. The standard InChI is InChI=1S/C26H25Cl2N3O2/c27-20-14-12-19(13-15-20)26(32)29-16-5-11-25-30-22-8-2-3-9-23(22)31(25)17-6-18-33-24-10-4-1-7-21(24)28/h1-4,7-10,12-15H,5-6,11,16-18H2,(H,29,32). The maximum absolute atomic E-state index is 12.3. The first kappa shape index (κ1) is 23.1. The van der Waals surface area contributed by atoms with Crippen LogP contribution in [-0.2, 0) is 13.0 Å². The van der Waals surface area contributed by atoms with Crippen LogP contribution >= 0.6 is 23.2 Å². The van der Waals surface area contributed by atoms with E-state index >= 15 is 0 Å². The topological polar surface area (TPSA) is 56.2 Å². The molecule has 0 unspecified atom stereocenters. The highest BCUT2D eigenvalue weighted by Gasteiger charge is 2.11. The van der Waals surface area contributed by atoms with E-state index in [9.17, 15) is 4.79 Å². The molecule has 0 aliphatic rings. The van der Waals surface area contributed by atoms with Gasteiger partial charge in [-0.15, -0.1) is 0 Å². The SMILES string of the molecule is O=C(NCCCc1nc2ccccc2n1CCCOc1ccccc1Cl)c1ccc(Cl)cc1. The molecule has 0 aliphatic heterocycles. The molecule has 1 amide bonds. The molecule has 0 fully saturated rings. The fourth-order valence-electron chi connectivity index (χ4n) is 3.68. The van der Waals surface area contributed by atoms with Gasteiger partial charge in [0, 0.05) is 30.1 Å². The zero-order chi connectivity index (χ0) is 23.0. The second-order valence-corrected chi connectivity index (χ2v) is 8.51. The van der Waals surface area contributed by atoms with Crippen LogP contribution in [-0.4, -0.2) is 28.6 Å². The number of aryl methyl sites for hydroxylation is 2. The maximum atomic E-state index is 12.3. The van der Waals surface area contributed by atoms with Gasteiger partial charge in [-0.25, -0.2) is 4.98 Å². The Balaban J connectivity index is 1.33. The number of hydrogen-bond donors (Lipinski definition) is 1. The smallest absolute Gasteiger partial charge is 0.251 e. The number of halogens is 2. The minimum Gasteiger partial charge on any atom is -0.492 e. The lowest BCUT2D eigenvalue weighted by Gasteiger charge is -2.11. The van der Waals surface area contributed by atoms with Crippen LogP contribution in [0.5, 0.6) is 5.75 Å². The number of hydrogen-bond acceptors (Lipinski definition) is 3. The molecule has 1 aromatic heterocycles. The van der Waals surface area contributed by atoms with E-state index in [-0.39, 0.29) is 5.91 Å². The third-order valence-electron chi connectivity index (χ3n) is 5.32. The molecule has 1 N–H and O–H groups in total. The van der Waals surface area contributed by atoms with E-state index in [1.165, 1.54) is 0 Å². The Kier molecular flexibility index (Phi) is 7.87. The van der Waals surface area contributed by atoms with Crippen molar-refractivity contribution in [1.29, 1.82) is 0 Å². The number of ether oxygens (including phenoxy) is 1. The van der Waals surface area contributed by atoms with Gasteiger partial charge in [0.25, 0.3) is 5.91 Å². The number of imidazole rings is 1. The van der Waals surface area contributed by atoms with Crippen LogP contribution in [0.3, 0.4) is 0 Å². The Hall–Kier alpha value is -3.02. The highest BCUT2D eigenvalue weighted by molar-refractivity contribution is 6.32. The first-order chi connectivity index (χ1) is 16.1. The Bertz CT molecular complexity index is 1220. The number of carbonyl (C=O) groups is 1. The summed E-state index contributed by atoms with van der Waals surface area (Å²) in [6.07, 6.45) is 2.38. The number of amides is 1. The molecule has 4 rings (SSSR count). The highest BCUT2D eigenvalue weighted by atomic mass is 35.5. The van der Waals surface area contributed by atoms with Gasteiger partial charge in [-0.3, -0.25) is 4.79 Å². The van der Waals surface area contributed by atoms with Crippen LogP contribution in [0.4, 0.5) is 0 Å². The molecule has 170 valence electrons. The Morgan fingerprint density at radius 3 is 2.52 bits per heavy atom. The van der Waals surface area contributed by atoms with E-state index in [0.29, 0.717) is 34.5 Å². The largest absolute Gasteiger partial charge is 0.492 e. The van der Waals surface area contributed by atoms with Gasteiger partial charge in [-0.1, -0.05) is 47.5 Å². The van der Waals surface area contributed by atoms with Gasteiger partial charge in [0.05, 0.1) is 22.7 Å². The molecule has 1 heterocycles.